The van der Waals surface area contributed by atoms with E-state index < -0.39 is 5.82 Å². The highest BCUT2D eigenvalue weighted by Crippen LogP contribution is 2.19. The molecule has 0 heterocycles. The Morgan fingerprint density at radius 2 is 1.85 bits per heavy atom. The topological polar surface area (TPSA) is 17.1 Å². The summed E-state index contributed by atoms with van der Waals surface area (Å²) < 4.78 is 13.7. The second-order valence-corrected chi connectivity index (χ2v) is 5.32. The molecule has 0 N–H and O–H groups in total. The number of benzene rings is 2. The summed E-state index contributed by atoms with van der Waals surface area (Å²) in [5.74, 6) is -0.468. The molecular weight excluding hydrogens is 275 g/mol. The van der Waals surface area contributed by atoms with Crippen molar-refractivity contribution in [3.8, 4) is 0 Å². The Labute approximate surface area is 123 Å². The fourth-order valence-electron chi connectivity index (χ4n) is 2.02. The summed E-state index contributed by atoms with van der Waals surface area (Å²) >= 11 is 5.70. The van der Waals surface area contributed by atoms with E-state index >= 15 is 0 Å². The van der Waals surface area contributed by atoms with Crippen LogP contribution in [-0.2, 0) is 17.6 Å². The van der Waals surface area contributed by atoms with E-state index in [9.17, 15) is 9.18 Å². The summed E-state index contributed by atoms with van der Waals surface area (Å²) in [6.07, 6.45) is 1.19. The fraction of sp³-hybridized carbons (Fsp3) is 0.235. The Morgan fingerprint density at radius 3 is 2.55 bits per heavy atom. The lowest BCUT2D eigenvalue weighted by atomic mass is 10.0. The first-order valence-electron chi connectivity index (χ1n) is 6.56. The minimum Gasteiger partial charge on any atom is -0.299 e. The maximum atomic E-state index is 13.7. The second-order valence-electron chi connectivity index (χ2n) is 4.91. The zero-order chi connectivity index (χ0) is 14.5. The standard InChI is InChI=1S/C17H16ClFO/c1-12-5-7-13(8-6-12)9-10-15(20)11-14-3-2-4-16(18)17(14)19/h2-8H,9-11H2,1H3. The van der Waals surface area contributed by atoms with Gasteiger partial charge in [-0.1, -0.05) is 53.6 Å². The lowest BCUT2D eigenvalue weighted by Crippen LogP contribution is -2.06. The van der Waals surface area contributed by atoms with E-state index in [1.54, 1.807) is 12.1 Å². The summed E-state index contributed by atoms with van der Waals surface area (Å²) in [7, 11) is 0. The quantitative estimate of drug-likeness (QED) is 0.790. The highest BCUT2D eigenvalue weighted by molar-refractivity contribution is 6.30. The van der Waals surface area contributed by atoms with Gasteiger partial charge in [0.25, 0.3) is 0 Å². The molecule has 2 aromatic rings. The van der Waals surface area contributed by atoms with Gasteiger partial charge in [-0.2, -0.15) is 0 Å². The summed E-state index contributed by atoms with van der Waals surface area (Å²) in [5, 5.41) is 0.0637. The van der Waals surface area contributed by atoms with Crippen LogP contribution in [0.3, 0.4) is 0 Å². The van der Waals surface area contributed by atoms with Crippen LogP contribution in [0, 0.1) is 12.7 Å². The van der Waals surface area contributed by atoms with Crippen LogP contribution in [0.1, 0.15) is 23.1 Å². The van der Waals surface area contributed by atoms with Gasteiger partial charge in [-0.15, -0.1) is 0 Å². The number of hydrogen-bond donors (Lipinski definition) is 0. The fourth-order valence-corrected chi connectivity index (χ4v) is 2.22. The monoisotopic (exact) mass is 290 g/mol. The number of halogens is 2. The third-order valence-electron chi connectivity index (χ3n) is 3.23. The van der Waals surface area contributed by atoms with E-state index in [0.29, 0.717) is 18.4 Å². The zero-order valence-electron chi connectivity index (χ0n) is 11.3. The highest BCUT2D eigenvalue weighted by atomic mass is 35.5. The van der Waals surface area contributed by atoms with Crippen LogP contribution in [0.2, 0.25) is 5.02 Å². The first-order chi connectivity index (χ1) is 9.56. The molecule has 0 aliphatic heterocycles. The maximum absolute atomic E-state index is 13.7. The van der Waals surface area contributed by atoms with Crippen LogP contribution in [0.15, 0.2) is 42.5 Å². The predicted octanol–water partition coefficient (Wildman–Crippen LogP) is 4.53. The molecule has 2 rings (SSSR count). The molecule has 0 atom stereocenters. The van der Waals surface area contributed by atoms with Gasteiger partial charge in [0.2, 0.25) is 0 Å². The van der Waals surface area contributed by atoms with Gasteiger partial charge in [-0.3, -0.25) is 4.79 Å². The van der Waals surface area contributed by atoms with Crippen LogP contribution in [0.25, 0.3) is 0 Å². The maximum Gasteiger partial charge on any atom is 0.145 e. The molecule has 0 radical (unpaired) electrons. The van der Waals surface area contributed by atoms with Crippen molar-refractivity contribution in [2.24, 2.45) is 0 Å². The van der Waals surface area contributed by atoms with Crippen LogP contribution in [0.4, 0.5) is 4.39 Å². The van der Waals surface area contributed by atoms with E-state index in [4.69, 9.17) is 11.6 Å². The van der Waals surface area contributed by atoms with E-state index in [1.165, 1.54) is 11.6 Å². The zero-order valence-corrected chi connectivity index (χ0v) is 12.1. The Hall–Kier alpha value is -1.67. The average molecular weight is 291 g/mol. The molecule has 0 bridgehead atoms. The number of carbonyl (C=O) groups is 1. The van der Waals surface area contributed by atoms with Crippen molar-refractivity contribution in [2.45, 2.75) is 26.2 Å². The van der Waals surface area contributed by atoms with Gasteiger partial charge in [-0.05, 0) is 30.5 Å². The normalized spacial score (nSPS) is 10.6. The van der Waals surface area contributed by atoms with Gasteiger partial charge >= 0.3 is 0 Å². The van der Waals surface area contributed by atoms with Crippen molar-refractivity contribution >= 4 is 17.4 Å². The van der Waals surface area contributed by atoms with Crippen molar-refractivity contribution in [3.05, 3.63) is 70.0 Å². The highest BCUT2D eigenvalue weighted by Gasteiger charge is 2.10. The van der Waals surface area contributed by atoms with Crippen molar-refractivity contribution < 1.29 is 9.18 Å². The first-order valence-corrected chi connectivity index (χ1v) is 6.94. The molecule has 0 saturated carbocycles. The van der Waals surface area contributed by atoms with Crippen molar-refractivity contribution in [1.29, 1.82) is 0 Å². The van der Waals surface area contributed by atoms with E-state index in [-0.39, 0.29) is 17.2 Å². The number of aryl methyl sites for hydroxylation is 2. The van der Waals surface area contributed by atoms with Crippen LogP contribution >= 0.6 is 11.6 Å². The van der Waals surface area contributed by atoms with Crippen LogP contribution in [-0.4, -0.2) is 5.78 Å². The molecule has 3 heteroatoms. The molecule has 0 aliphatic rings. The largest absolute Gasteiger partial charge is 0.299 e. The number of carbonyl (C=O) groups excluding carboxylic acids is 1. The smallest absolute Gasteiger partial charge is 0.145 e. The van der Waals surface area contributed by atoms with Gasteiger partial charge in [0, 0.05) is 12.8 Å². The van der Waals surface area contributed by atoms with Gasteiger partial charge in [0.05, 0.1) is 5.02 Å². The van der Waals surface area contributed by atoms with E-state index in [0.717, 1.165) is 5.56 Å². The molecule has 0 aliphatic carbocycles. The molecular formula is C17H16ClFO. The Balaban J connectivity index is 1.92. The predicted molar refractivity (Wildman–Crippen MR) is 79.6 cm³/mol. The number of rotatable bonds is 5. The molecule has 0 spiro atoms. The third kappa shape index (κ3) is 3.91. The summed E-state index contributed by atoms with van der Waals surface area (Å²) in [4.78, 5) is 11.9. The van der Waals surface area contributed by atoms with Crippen molar-refractivity contribution in [1.82, 2.24) is 0 Å². The molecule has 1 nitrogen and oxygen atoms in total. The lowest BCUT2D eigenvalue weighted by molar-refractivity contribution is -0.118. The number of ketones is 1. The minimum absolute atomic E-state index is 0.0201. The molecule has 20 heavy (non-hydrogen) atoms. The number of Topliss-reactive ketones (excluding diaryl/α,β-unsaturated/α-hetero) is 1. The molecule has 0 fully saturated rings. The molecule has 2 aromatic carbocycles. The average Bonchev–Trinajstić information content (AvgIpc) is 2.43. The molecule has 0 amide bonds. The summed E-state index contributed by atoms with van der Waals surface area (Å²) in [6.45, 7) is 2.02. The first kappa shape index (κ1) is 14.7. The Kier molecular flexibility index (Phi) is 4.91. The number of hydrogen-bond acceptors (Lipinski definition) is 1. The summed E-state index contributed by atoms with van der Waals surface area (Å²) in [5.41, 5.74) is 2.68. The van der Waals surface area contributed by atoms with Crippen LogP contribution < -0.4 is 0 Å². The molecule has 0 saturated heterocycles. The third-order valence-corrected chi connectivity index (χ3v) is 3.52. The van der Waals surface area contributed by atoms with Gasteiger partial charge in [-0.25, -0.2) is 4.39 Å². The second kappa shape index (κ2) is 6.67. The molecule has 0 unspecified atom stereocenters. The van der Waals surface area contributed by atoms with E-state index in [2.05, 4.69) is 0 Å². The minimum atomic E-state index is -0.488. The van der Waals surface area contributed by atoms with Gasteiger partial charge in [0.1, 0.15) is 11.6 Å². The van der Waals surface area contributed by atoms with Gasteiger partial charge in [0.15, 0.2) is 0 Å². The van der Waals surface area contributed by atoms with Crippen LogP contribution in [0.5, 0.6) is 0 Å². The van der Waals surface area contributed by atoms with Crippen molar-refractivity contribution in [3.63, 3.8) is 0 Å². The van der Waals surface area contributed by atoms with Gasteiger partial charge < -0.3 is 0 Å². The molecule has 104 valence electrons. The molecule has 0 aromatic heterocycles. The SMILES string of the molecule is Cc1ccc(CCC(=O)Cc2cccc(Cl)c2F)cc1. The Morgan fingerprint density at radius 1 is 1.15 bits per heavy atom. The van der Waals surface area contributed by atoms with Crippen molar-refractivity contribution in [2.75, 3.05) is 0 Å². The Bertz CT molecular complexity index is 605. The summed E-state index contributed by atoms with van der Waals surface area (Å²) in [6, 6.07) is 12.8. The van der Waals surface area contributed by atoms with E-state index in [1.807, 2.05) is 31.2 Å². The lowest BCUT2D eigenvalue weighted by Gasteiger charge is -2.05.